The fourth-order valence-electron chi connectivity index (χ4n) is 2.32. The van der Waals surface area contributed by atoms with Crippen LogP contribution in [0.2, 0.25) is 0 Å². The first-order valence-electron chi connectivity index (χ1n) is 7.09. The number of hydrogen-bond acceptors (Lipinski definition) is 5. The Balaban J connectivity index is 2.37. The SMILES string of the molecule is CNC[N+]1(C)C=NC(C(C)C)=C1Sc1cccc([N+](=O)[O-])c1. The maximum Gasteiger partial charge on any atom is 0.270 e. The van der Waals surface area contributed by atoms with E-state index in [1.54, 1.807) is 23.9 Å². The molecule has 0 radical (unpaired) electrons. The van der Waals surface area contributed by atoms with Crippen LogP contribution in [-0.2, 0) is 0 Å². The van der Waals surface area contributed by atoms with Crippen LogP contribution in [0.5, 0.6) is 0 Å². The summed E-state index contributed by atoms with van der Waals surface area (Å²) in [4.78, 5) is 16.0. The van der Waals surface area contributed by atoms with Gasteiger partial charge < -0.3 is 0 Å². The molecular formula is C15H21N4O2S+. The standard InChI is InChI=1S/C15H21N4O2S/c1-11(2)14-15(19(4,9-16-3)10-17-14)22-13-7-5-6-12(8-13)18(20)21/h5-8,10-11,16H,9H2,1-4H3/q+1. The number of nitro benzene ring substituents is 1. The van der Waals surface area contributed by atoms with Crippen molar-refractivity contribution < 1.29 is 9.41 Å². The Morgan fingerprint density at radius 1 is 1.45 bits per heavy atom. The smallest absolute Gasteiger partial charge is 0.270 e. The minimum atomic E-state index is -0.366. The Hall–Kier alpha value is -1.70. The zero-order chi connectivity index (χ0) is 16.3. The Morgan fingerprint density at radius 3 is 2.77 bits per heavy atom. The molecule has 7 heteroatoms. The number of thioether (sulfide) groups is 1. The minimum absolute atomic E-state index is 0.110. The highest BCUT2D eigenvalue weighted by atomic mass is 32.2. The number of non-ortho nitro benzene ring substituents is 1. The summed E-state index contributed by atoms with van der Waals surface area (Å²) in [6.45, 7) is 4.93. The van der Waals surface area contributed by atoms with E-state index in [4.69, 9.17) is 0 Å². The molecule has 0 saturated heterocycles. The van der Waals surface area contributed by atoms with Crippen molar-refractivity contribution in [3.63, 3.8) is 0 Å². The molecule has 6 nitrogen and oxygen atoms in total. The van der Waals surface area contributed by atoms with Gasteiger partial charge >= 0.3 is 0 Å². The first kappa shape index (κ1) is 16.7. The van der Waals surface area contributed by atoms with E-state index in [2.05, 4.69) is 31.2 Å². The van der Waals surface area contributed by atoms with Crippen LogP contribution in [0.1, 0.15) is 13.8 Å². The largest absolute Gasteiger partial charge is 0.273 e. The van der Waals surface area contributed by atoms with Crippen molar-refractivity contribution in [2.24, 2.45) is 10.9 Å². The Bertz CT molecular complexity index is 642. The van der Waals surface area contributed by atoms with Crippen molar-refractivity contribution in [2.75, 3.05) is 20.8 Å². The molecule has 0 aromatic heterocycles. The van der Waals surface area contributed by atoms with Gasteiger partial charge in [-0.05, 0) is 24.9 Å². The van der Waals surface area contributed by atoms with E-state index < -0.39 is 0 Å². The number of nitrogens with zero attached hydrogens (tertiary/aromatic N) is 3. The second kappa shape index (κ2) is 6.60. The van der Waals surface area contributed by atoms with E-state index in [-0.39, 0.29) is 10.6 Å². The minimum Gasteiger partial charge on any atom is -0.273 e. The number of rotatable bonds is 6. The second-order valence-corrected chi connectivity index (χ2v) is 6.79. The van der Waals surface area contributed by atoms with Gasteiger partial charge in [0, 0.05) is 22.9 Å². The summed E-state index contributed by atoms with van der Waals surface area (Å²) in [6, 6.07) is 6.73. The summed E-state index contributed by atoms with van der Waals surface area (Å²) >= 11 is 1.55. The van der Waals surface area contributed by atoms with Crippen molar-refractivity contribution in [1.29, 1.82) is 0 Å². The number of quaternary nitrogens is 1. The van der Waals surface area contributed by atoms with Gasteiger partial charge in [0.15, 0.2) is 6.34 Å². The van der Waals surface area contributed by atoms with Crippen LogP contribution in [0.15, 0.2) is 44.9 Å². The molecule has 0 amide bonds. The van der Waals surface area contributed by atoms with Crippen LogP contribution < -0.4 is 5.32 Å². The molecule has 1 N–H and O–H groups in total. The Labute approximate surface area is 134 Å². The van der Waals surface area contributed by atoms with Gasteiger partial charge in [-0.3, -0.25) is 15.4 Å². The lowest BCUT2D eigenvalue weighted by Crippen LogP contribution is -2.45. The quantitative estimate of drug-likeness (QED) is 0.496. The van der Waals surface area contributed by atoms with Crippen LogP contribution in [0.4, 0.5) is 5.69 Å². The van der Waals surface area contributed by atoms with Crippen LogP contribution in [-0.4, -0.2) is 36.5 Å². The van der Waals surface area contributed by atoms with E-state index in [0.29, 0.717) is 10.4 Å². The summed E-state index contributed by atoms with van der Waals surface area (Å²) in [7, 11) is 3.98. The van der Waals surface area contributed by atoms with Gasteiger partial charge in [0.25, 0.3) is 5.69 Å². The lowest BCUT2D eigenvalue weighted by molar-refractivity contribution is -0.765. The first-order chi connectivity index (χ1) is 10.4. The number of benzene rings is 1. The van der Waals surface area contributed by atoms with Gasteiger partial charge in [0.2, 0.25) is 5.03 Å². The average molecular weight is 321 g/mol. The molecule has 1 aliphatic heterocycles. The molecule has 1 aromatic carbocycles. The van der Waals surface area contributed by atoms with Crippen LogP contribution >= 0.6 is 11.8 Å². The summed E-state index contributed by atoms with van der Waals surface area (Å²) in [5.74, 6) is 0.300. The third-order valence-corrected chi connectivity index (χ3v) is 4.72. The van der Waals surface area contributed by atoms with E-state index in [0.717, 1.165) is 22.3 Å². The highest BCUT2D eigenvalue weighted by Gasteiger charge is 2.36. The molecule has 0 aliphatic carbocycles. The molecule has 1 aliphatic rings. The number of hydrogen-bond donors (Lipinski definition) is 1. The Kier molecular flexibility index (Phi) is 5.00. The average Bonchev–Trinajstić information content (AvgIpc) is 2.77. The number of aliphatic imine (C=N–C) groups is 1. The van der Waals surface area contributed by atoms with Crippen molar-refractivity contribution in [2.45, 2.75) is 18.7 Å². The van der Waals surface area contributed by atoms with Crippen molar-refractivity contribution in [3.8, 4) is 0 Å². The molecule has 0 saturated carbocycles. The summed E-state index contributed by atoms with van der Waals surface area (Å²) < 4.78 is 0.553. The molecule has 0 fully saturated rings. The van der Waals surface area contributed by atoms with Gasteiger partial charge in [0.1, 0.15) is 12.4 Å². The van der Waals surface area contributed by atoms with Crippen molar-refractivity contribution >= 4 is 23.8 Å². The molecular weight excluding hydrogens is 300 g/mol. The first-order valence-corrected chi connectivity index (χ1v) is 7.91. The Morgan fingerprint density at radius 2 is 2.18 bits per heavy atom. The summed E-state index contributed by atoms with van der Waals surface area (Å²) in [5, 5.41) is 15.2. The van der Waals surface area contributed by atoms with Gasteiger partial charge in [0.05, 0.1) is 12.0 Å². The molecule has 1 aromatic rings. The maximum atomic E-state index is 10.9. The zero-order valence-electron chi connectivity index (χ0n) is 13.2. The van der Waals surface area contributed by atoms with Gasteiger partial charge in [-0.25, -0.2) is 9.48 Å². The van der Waals surface area contributed by atoms with Crippen LogP contribution in [0.3, 0.4) is 0 Å². The zero-order valence-corrected chi connectivity index (χ0v) is 14.1. The molecule has 22 heavy (non-hydrogen) atoms. The fourth-order valence-corrected chi connectivity index (χ4v) is 3.59. The highest BCUT2D eigenvalue weighted by molar-refractivity contribution is 8.02. The number of allylic oxidation sites excluding steroid dienone is 1. The third-order valence-electron chi connectivity index (χ3n) is 3.41. The number of nitrogens with one attached hydrogen (secondary N) is 1. The lowest BCUT2D eigenvalue weighted by Gasteiger charge is -2.27. The monoisotopic (exact) mass is 321 g/mol. The van der Waals surface area contributed by atoms with Crippen LogP contribution in [0.25, 0.3) is 0 Å². The topological polar surface area (TPSA) is 67.5 Å². The maximum absolute atomic E-state index is 10.9. The molecule has 1 atom stereocenters. The normalized spacial score (nSPS) is 21.0. The lowest BCUT2D eigenvalue weighted by atomic mass is 10.1. The van der Waals surface area contributed by atoms with Gasteiger partial charge in [-0.1, -0.05) is 19.9 Å². The van der Waals surface area contributed by atoms with Gasteiger partial charge in [-0.2, -0.15) is 0 Å². The van der Waals surface area contributed by atoms with Crippen molar-refractivity contribution in [3.05, 3.63) is 45.1 Å². The van der Waals surface area contributed by atoms with E-state index >= 15 is 0 Å². The predicted molar refractivity (Wildman–Crippen MR) is 89.4 cm³/mol. The van der Waals surface area contributed by atoms with Gasteiger partial charge in [-0.15, -0.1) is 0 Å². The molecule has 1 heterocycles. The van der Waals surface area contributed by atoms with E-state index in [1.807, 2.05) is 19.5 Å². The second-order valence-electron chi connectivity index (χ2n) is 5.73. The molecule has 0 spiro atoms. The van der Waals surface area contributed by atoms with Crippen molar-refractivity contribution in [1.82, 2.24) is 5.32 Å². The predicted octanol–water partition coefficient (Wildman–Crippen LogP) is 3.18. The summed E-state index contributed by atoms with van der Waals surface area (Å²) in [5.41, 5.74) is 1.15. The third kappa shape index (κ3) is 3.37. The van der Waals surface area contributed by atoms with E-state index in [1.165, 1.54) is 6.07 Å². The number of nitro groups is 1. The molecule has 0 bridgehead atoms. The fraction of sp³-hybridized carbons (Fsp3) is 0.400. The van der Waals surface area contributed by atoms with E-state index in [9.17, 15) is 10.1 Å². The highest BCUT2D eigenvalue weighted by Crippen LogP contribution is 2.40. The summed E-state index contributed by atoms with van der Waals surface area (Å²) in [6.07, 6.45) is 1.92. The molecule has 2 rings (SSSR count). The molecule has 118 valence electrons. The van der Waals surface area contributed by atoms with Crippen LogP contribution in [0, 0.1) is 16.0 Å². The molecule has 1 unspecified atom stereocenters.